The van der Waals surface area contributed by atoms with Crippen molar-refractivity contribution in [2.24, 2.45) is 10.1 Å². The summed E-state index contributed by atoms with van der Waals surface area (Å²) in [6.45, 7) is 0.827. The molecule has 4 N–H and O–H groups in total. The van der Waals surface area contributed by atoms with Gasteiger partial charge in [0.25, 0.3) is 0 Å². The Labute approximate surface area is 161 Å². The molecule has 0 aliphatic carbocycles. The zero-order chi connectivity index (χ0) is 16.9. The average Bonchev–Trinajstić information content (AvgIpc) is 2.96. The van der Waals surface area contributed by atoms with Crippen molar-refractivity contribution in [3.8, 4) is 0 Å². The van der Waals surface area contributed by atoms with Crippen LogP contribution < -0.4 is 15.8 Å². The van der Waals surface area contributed by atoms with Crippen LogP contribution in [0.5, 0.6) is 0 Å². The molecule has 2 rings (SSSR count). The molecule has 0 atom stereocenters. The van der Waals surface area contributed by atoms with Crippen molar-refractivity contribution in [2.75, 3.05) is 7.05 Å². The molecule has 1 aromatic carbocycles. The molecule has 24 heavy (non-hydrogen) atoms. The Morgan fingerprint density at radius 1 is 1.25 bits per heavy atom. The standard InChI is InChI=1S/C14H17FN4O2S2.HI/c1-17-14(18-8-10-3-2-4-11(15)7-10)19-9-12-5-6-13(22-12)23(16,20)21;/h2-7H,8-9H2,1H3,(H2,16,20,21)(H2,17,18,19);1H. The first kappa shape index (κ1) is 20.8. The van der Waals surface area contributed by atoms with Crippen LogP contribution in [-0.2, 0) is 23.1 Å². The molecule has 0 bridgehead atoms. The number of halogens is 2. The van der Waals surface area contributed by atoms with Crippen LogP contribution in [0.1, 0.15) is 10.4 Å². The van der Waals surface area contributed by atoms with E-state index in [9.17, 15) is 12.8 Å². The number of thiophene rings is 1. The second kappa shape index (κ2) is 9.30. The van der Waals surface area contributed by atoms with Gasteiger partial charge in [0.05, 0.1) is 6.54 Å². The molecule has 0 fully saturated rings. The van der Waals surface area contributed by atoms with Crippen molar-refractivity contribution in [3.05, 3.63) is 52.7 Å². The van der Waals surface area contributed by atoms with Gasteiger partial charge in [0.2, 0.25) is 10.0 Å². The van der Waals surface area contributed by atoms with E-state index in [0.29, 0.717) is 19.0 Å². The van der Waals surface area contributed by atoms with E-state index in [1.807, 2.05) is 0 Å². The predicted octanol–water partition coefficient (Wildman–Crippen LogP) is 2.02. The highest BCUT2D eigenvalue weighted by Gasteiger charge is 2.11. The highest BCUT2D eigenvalue weighted by Crippen LogP contribution is 2.19. The quantitative estimate of drug-likeness (QED) is 0.344. The van der Waals surface area contributed by atoms with Crippen LogP contribution in [0.3, 0.4) is 0 Å². The van der Waals surface area contributed by atoms with Gasteiger partial charge in [-0.1, -0.05) is 12.1 Å². The van der Waals surface area contributed by atoms with Crippen LogP contribution >= 0.6 is 35.3 Å². The van der Waals surface area contributed by atoms with Gasteiger partial charge in [-0.3, -0.25) is 4.99 Å². The van der Waals surface area contributed by atoms with E-state index >= 15 is 0 Å². The number of rotatable bonds is 5. The lowest BCUT2D eigenvalue weighted by Crippen LogP contribution is -2.36. The highest BCUT2D eigenvalue weighted by molar-refractivity contribution is 14.0. The van der Waals surface area contributed by atoms with Crippen LogP contribution in [0.4, 0.5) is 4.39 Å². The molecule has 0 unspecified atom stereocenters. The van der Waals surface area contributed by atoms with Gasteiger partial charge in [-0.15, -0.1) is 35.3 Å². The minimum atomic E-state index is -3.67. The summed E-state index contributed by atoms with van der Waals surface area (Å²) in [5.41, 5.74) is 0.792. The van der Waals surface area contributed by atoms with Crippen molar-refractivity contribution in [2.45, 2.75) is 17.3 Å². The Kier molecular flexibility index (Phi) is 8.06. The maximum Gasteiger partial charge on any atom is 0.247 e. The van der Waals surface area contributed by atoms with Crippen LogP contribution in [0.15, 0.2) is 45.6 Å². The lowest BCUT2D eigenvalue weighted by Gasteiger charge is -2.11. The molecule has 0 aliphatic rings. The first-order valence-corrected chi connectivity index (χ1v) is 9.05. The van der Waals surface area contributed by atoms with E-state index in [4.69, 9.17) is 5.14 Å². The SMILES string of the molecule is CN=C(NCc1cccc(F)c1)NCc1ccc(S(N)(=O)=O)s1.I. The zero-order valence-corrected chi connectivity index (χ0v) is 16.8. The second-order valence-corrected chi connectivity index (χ2v) is 7.63. The predicted molar refractivity (Wildman–Crippen MR) is 105 cm³/mol. The maximum atomic E-state index is 13.1. The van der Waals surface area contributed by atoms with Gasteiger partial charge in [-0.05, 0) is 29.8 Å². The number of aliphatic imine (C=N–C) groups is 1. The number of hydrogen-bond donors (Lipinski definition) is 3. The van der Waals surface area contributed by atoms with E-state index in [1.54, 1.807) is 25.2 Å². The number of primary sulfonamides is 1. The smallest absolute Gasteiger partial charge is 0.247 e. The molecule has 2 aromatic rings. The molecule has 6 nitrogen and oxygen atoms in total. The topological polar surface area (TPSA) is 96.6 Å². The fourth-order valence-electron chi connectivity index (χ4n) is 1.83. The third-order valence-corrected chi connectivity index (χ3v) is 5.44. The van der Waals surface area contributed by atoms with Crippen molar-refractivity contribution < 1.29 is 12.8 Å². The molecule has 10 heteroatoms. The molecule has 0 aliphatic heterocycles. The number of sulfonamides is 1. The summed E-state index contributed by atoms with van der Waals surface area (Å²) in [6, 6.07) is 9.44. The van der Waals surface area contributed by atoms with Crippen molar-refractivity contribution in [1.82, 2.24) is 10.6 Å². The summed E-state index contributed by atoms with van der Waals surface area (Å²) in [6.07, 6.45) is 0. The van der Waals surface area contributed by atoms with E-state index in [-0.39, 0.29) is 34.0 Å². The third-order valence-electron chi connectivity index (χ3n) is 2.92. The first-order chi connectivity index (χ1) is 10.9. The van der Waals surface area contributed by atoms with Gasteiger partial charge in [0.1, 0.15) is 10.0 Å². The summed E-state index contributed by atoms with van der Waals surface area (Å²) >= 11 is 1.10. The Morgan fingerprint density at radius 2 is 1.96 bits per heavy atom. The van der Waals surface area contributed by atoms with Gasteiger partial charge >= 0.3 is 0 Å². The Balaban J connectivity index is 0.00000288. The largest absolute Gasteiger partial charge is 0.352 e. The third kappa shape index (κ3) is 6.34. The fraction of sp³-hybridized carbons (Fsp3) is 0.214. The Morgan fingerprint density at radius 3 is 2.54 bits per heavy atom. The summed E-state index contributed by atoms with van der Waals surface area (Å²) in [5, 5.41) is 11.2. The highest BCUT2D eigenvalue weighted by atomic mass is 127. The normalized spacial score (nSPS) is 11.7. The van der Waals surface area contributed by atoms with Crippen LogP contribution in [0.2, 0.25) is 0 Å². The summed E-state index contributed by atoms with van der Waals surface area (Å²) in [5.74, 6) is 0.237. The van der Waals surface area contributed by atoms with Crippen LogP contribution in [-0.4, -0.2) is 21.4 Å². The number of hydrogen-bond acceptors (Lipinski definition) is 4. The lowest BCUT2D eigenvalue weighted by molar-refractivity contribution is 0.600. The van der Waals surface area contributed by atoms with Gasteiger partial charge in [0, 0.05) is 18.5 Å². The summed E-state index contributed by atoms with van der Waals surface area (Å²) in [7, 11) is -2.05. The first-order valence-electron chi connectivity index (χ1n) is 6.69. The fourth-order valence-corrected chi connectivity index (χ4v) is 3.55. The number of guanidine groups is 1. The van der Waals surface area contributed by atoms with Crippen LogP contribution in [0.25, 0.3) is 0 Å². The Bertz CT molecular complexity index is 809. The molecule has 0 saturated heterocycles. The van der Waals surface area contributed by atoms with Gasteiger partial charge in [0.15, 0.2) is 5.96 Å². The van der Waals surface area contributed by atoms with Crippen molar-refractivity contribution in [1.29, 1.82) is 0 Å². The number of nitrogens with one attached hydrogen (secondary N) is 2. The molecule has 0 radical (unpaired) electrons. The lowest BCUT2D eigenvalue weighted by atomic mass is 10.2. The maximum absolute atomic E-state index is 13.1. The van der Waals surface area contributed by atoms with Crippen molar-refractivity contribution >= 4 is 51.3 Å². The number of nitrogens with two attached hydrogens (primary N) is 1. The molecule has 0 spiro atoms. The van der Waals surface area contributed by atoms with Gasteiger partial charge in [-0.2, -0.15) is 0 Å². The molecule has 0 amide bonds. The van der Waals surface area contributed by atoms with E-state index in [1.165, 1.54) is 18.2 Å². The Hall–Kier alpha value is -1.24. The molecule has 132 valence electrons. The van der Waals surface area contributed by atoms with Gasteiger partial charge < -0.3 is 10.6 Å². The number of nitrogens with zero attached hydrogens (tertiary/aromatic N) is 1. The van der Waals surface area contributed by atoms with Crippen molar-refractivity contribution in [3.63, 3.8) is 0 Å². The summed E-state index contributed by atoms with van der Waals surface area (Å²) in [4.78, 5) is 4.87. The van der Waals surface area contributed by atoms with E-state index < -0.39 is 10.0 Å². The molecular weight excluding hydrogens is 466 g/mol. The monoisotopic (exact) mass is 484 g/mol. The minimum absolute atomic E-state index is 0. The van der Waals surface area contributed by atoms with E-state index in [2.05, 4.69) is 15.6 Å². The molecular formula is C14H18FIN4O2S2. The zero-order valence-electron chi connectivity index (χ0n) is 12.8. The minimum Gasteiger partial charge on any atom is -0.352 e. The molecule has 1 aromatic heterocycles. The summed E-state index contributed by atoms with van der Waals surface area (Å²) < 4.78 is 35.7. The van der Waals surface area contributed by atoms with Crippen LogP contribution in [0, 0.1) is 5.82 Å². The molecule has 1 heterocycles. The average molecular weight is 484 g/mol. The molecule has 0 saturated carbocycles. The van der Waals surface area contributed by atoms with E-state index in [0.717, 1.165) is 21.8 Å². The number of benzene rings is 1. The second-order valence-electron chi connectivity index (χ2n) is 4.67. The van der Waals surface area contributed by atoms with Gasteiger partial charge in [-0.25, -0.2) is 17.9 Å².